The van der Waals surface area contributed by atoms with Crippen molar-refractivity contribution in [3.8, 4) is 0 Å². The summed E-state index contributed by atoms with van der Waals surface area (Å²) < 4.78 is 6.94. The van der Waals surface area contributed by atoms with E-state index in [1.807, 2.05) is 12.1 Å². The van der Waals surface area contributed by atoms with E-state index in [0.717, 1.165) is 36.2 Å². The lowest BCUT2D eigenvalue weighted by Gasteiger charge is -2.01. The molecule has 4 heteroatoms. The third-order valence-corrected chi connectivity index (χ3v) is 3.05. The SMILES string of the molecule is COC(=O)c1cccc2c1nc1n2CCC1. The van der Waals surface area contributed by atoms with Gasteiger partial charge in [0.1, 0.15) is 11.3 Å². The molecule has 0 bridgehead atoms. The van der Waals surface area contributed by atoms with Crippen molar-refractivity contribution in [2.75, 3.05) is 7.11 Å². The number of nitrogens with zero attached hydrogens (tertiary/aromatic N) is 2. The summed E-state index contributed by atoms with van der Waals surface area (Å²) in [5, 5.41) is 0. The summed E-state index contributed by atoms with van der Waals surface area (Å²) >= 11 is 0. The molecule has 2 aromatic rings. The number of hydrogen-bond donors (Lipinski definition) is 0. The van der Waals surface area contributed by atoms with Crippen LogP contribution in [0.25, 0.3) is 11.0 Å². The van der Waals surface area contributed by atoms with Gasteiger partial charge in [0, 0.05) is 13.0 Å². The second-order valence-corrected chi connectivity index (χ2v) is 3.95. The average Bonchev–Trinajstić information content (AvgIpc) is 2.87. The lowest BCUT2D eigenvalue weighted by atomic mass is 10.2. The first-order valence-corrected chi connectivity index (χ1v) is 5.37. The zero-order chi connectivity index (χ0) is 11.1. The predicted molar refractivity (Wildman–Crippen MR) is 59.4 cm³/mol. The summed E-state index contributed by atoms with van der Waals surface area (Å²) in [6, 6.07) is 5.64. The van der Waals surface area contributed by atoms with Crippen molar-refractivity contribution < 1.29 is 9.53 Å². The van der Waals surface area contributed by atoms with Crippen LogP contribution in [0.5, 0.6) is 0 Å². The standard InChI is InChI=1S/C12H12N2O2/c1-16-12(15)8-4-2-5-9-11(8)13-10-6-3-7-14(9)10/h2,4-5H,3,6-7H2,1H3. The smallest absolute Gasteiger partial charge is 0.340 e. The van der Waals surface area contributed by atoms with Crippen LogP contribution in [0, 0.1) is 0 Å². The maximum atomic E-state index is 11.6. The fourth-order valence-electron chi connectivity index (χ4n) is 2.31. The van der Waals surface area contributed by atoms with Crippen LogP contribution in [0.1, 0.15) is 22.6 Å². The van der Waals surface area contributed by atoms with Crippen LogP contribution in [0.3, 0.4) is 0 Å². The number of methoxy groups -OCH3 is 1. The number of aryl methyl sites for hydroxylation is 2. The van der Waals surface area contributed by atoms with E-state index >= 15 is 0 Å². The minimum absolute atomic E-state index is 0.317. The first-order chi connectivity index (χ1) is 7.81. The largest absolute Gasteiger partial charge is 0.465 e. The van der Waals surface area contributed by atoms with Crippen molar-refractivity contribution in [1.82, 2.24) is 9.55 Å². The maximum Gasteiger partial charge on any atom is 0.340 e. The number of fused-ring (bicyclic) bond motifs is 3. The molecule has 0 saturated heterocycles. The molecule has 0 saturated carbocycles. The Morgan fingerprint density at radius 3 is 3.19 bits per heavy atom. The van der Waals surface area contributed by atoms with Gasteiger partial charge in [-0.25, -0.2) is 9.78 Å². The van der Waals surface area contributed by atoms with E-state index in [4.69, 9.17) is 4.74 Å². The van der Waals surface area contributed by atoms with Crippen molar-refractivity contribution in [2.45, 2.75) is 19.4 Å². The third-order valence-electron chi connectivity index (χ3n) is 3.05. The molecule has 0 unspecified atom stereocenters. The van der Waals surface area contributed by atoms with Gasteiger partial charge in [0.25, 0.3) is 0 Å². The van der Waals surface area contributed by atoms with Crippen LogP contribution in [-0.2, 0) is 17.7 Å². The molecular weight excluding hydrogens is 204 g/mol. The molecule has 1 aliphatic rings. The molecule has 0 spiro atoms. The van der Waals surface area contributed by atoms with Crippen molar-refractivity contribution >= 4 is 17.0 Å². The molecule has 0 fully saturated rings. The first-order valence-electron chi connectivity index (χ1n) is 5.37. The Morgan fingerprint density at radius 1 is 1.50 bits per heavy atom. The fraction of sp³-hybridized carbons (Fsp3) is 0.333. The number of para-hydroxylation sites is 1. The molecule has 16 heavy (non-hydrogen) atoms. The normalized spacial score (nSPS) is 14.1. The topological polar surface area (TPSA) is 44.1 Å². The zero-order valence-corrected chi connectivity index (χ0v) is 9.06. The second-order valence-electron chi connectivity index (χ2n) is 3.95. The van der Waals surface area contributed by atoms with E-state index in [1.54, 1.807) is 6.07 Å². The van der Waals surface area contributed by atoms with Crippen LogP contribution in [0.15, 0.2) is 18.2 Å². The zero-order valence-electron chi connectivity index (χ0n) is 9.06. The molecule has 1 aromatic heterocycles. The number of benzene rings is 1. The van der Waals surface area contributed by atoms with Crippen molar-refractivity contribution in [3.63, 3.8) is 0 Å². The van der Waals surface area contributed by atoms with Crippen LogP contribution in [0.4, 0.5) is 0 Å². The van der Waals surface area contributed by atoms with E-state index in [0.29, 0.717) is 5.56 Å². The first kappa shape index (κ1) is 9.39. The Hall–Kier alpha value is -1.84. The molecule has 2 heterocycles. The summed E-state index contributed by atoms with van der Waals surface area (Å²) in [6.45, 7) is 0.996. The minimum Gasteiger partial charge on any atom is -0.465 e. The van der Waals surface area contributed by atoms with Crippen LogP contribution >= 0.6 is 0 Å². The van der Waals surface area contributed by atoms with E-state index in [1.165, 1.54) is 7.11 Å². The Kier molecular flexibility index (Phi) is 1.96. The molecule has 0 aliphatic carbocycles. The quantitative estimate of drug-likeness (QED) is 0.682. The number of imidazole rings is 1. The van der Waals surface area contributed by atoms with Crippen LogP contribution in [0.2, 0.25) is 0 Å². The highest BCUT2D eigenvalue weighted by molar-refractivity contribution is 6.02. The van der Waals surface area contributed by atoms with Gasteiger partial charge in [-0.15, -0.1) is 0 Å². The lowest BCUT2D eigenvalue weighted by molar-refractivity contribution is 0.0603. The highest BCUT2D eigenvalue weighted by Crippen LogP contribution is 2.25. The molecule has 1 aromatic carbocycles. The molecule has 0 amide bonds. The average molecular weight is 216 g/mol. The maximum absolute atomic E-state index is 11.6. The number of esters is 1. The Labute approximate surface area is 92.8 Å². The summed E-state index contributed by atoms with van der Waals surface area (Å²) in [5.41, 5.74) is 2.36. The molecular formula is C12H12N2O2. The molecule has 4 nitrogen and oxygen atoms in total. The summed E-state index contributed by atoms with van der Waals surface area (Å²) in [5.74, 6) is 0.758. The van der Waals surface area contributed by atoms with Crippen LogP contribution in [-0.4, -0.2) is 22.6 Å². The van der Waals surface area contributed by atoms with Gasteiger partial charge in [-0.3, -0.25) is 0 Å². The Balaban J connectivity index is 2.28. The molecule has 3 rings (SSSR count). The predicted octanol–water partition coefficient (Wildman–Crippen LogP) is 1.77. The van der Waals surface area contributed by atoms with Gasteiger partial charge in [0.2, 0.25) is 0 Å². The van der Waals surface area contributed by atoms with E-state index in [-0.39, 0.29) is 5.97 Å². The number of carbonyl (C=O) groups excluding carboxylic acids is 1. The van der Waals surface area contributed by atoms with Crippen molar-refractivity contribution in [3.05, 3.63) is 29.6 Å². The summed E-state index contributed by atoms with van der Waals surface area (Å²) in [7, 11) is 1.39. The van der Waals surface area contributed by atoms with Crippen molar-refractivity contribution in [1.29, 1.82) is 0 Å². The fourth-order valence-corrected chi connectivity index (χ4v) is 2.31. The van der Waals surface area contributed by atoms with Gasteiger partial charge in [-0.2, -0.15) is 0 Å². The van der Waals surface area contributed by atoms with Gasteiger partial charge in [0.15, 0.2) is 0 Å². The monoisotopic (exact) mass is 216 g/mol. The molecule has 82 valence electrons. The molecule has 0 radical (unpaired) electrons. The summed E-state index contributed by atoms with van der Waals surface area (Å²) in [4.78, 5) is 16.1. The van der Waals surface area contributed by atoms with Crippen molar-refractivity contribution in [2.24, 2.45) is 0 Å². The van der Waals surface area contributed by atoms with Gasteiger partial charge in [-0.1, -0.05) is 6.07 Å². The Bertz CT molecular complexity index is 572. The van der Waals surface area contributed by atoms with Gasteiger partial charge < -0.3 is 9.30 Å². The Morgan fingerprint density at radius 2 is 2.38 bits per heavy atom. The summed E-state index contributed by atoms with van der Waals surface area (Å²) in [6.07, 6.45) is 2.13. The van der Waals surface area contributed by atoms with E-state index < -0.39 is 0 Å². The van der Waals surface area contributed by atoms with E-state index in [2.05, 4.69) is 9.55 Å². The number of hydrogen-bond acceptors (Lipinski definition) is 3. The number of rotatable bonds is 1. The third kappa shape index (κ3) is 1.16. The number of aromatic nitrogens is 2. The number of ether oxygens (including phenoxy) is 1. The lowest BCUT2D eigenvalue weighted by Crippen LogP contribution is -2.02. The molecule has 0 atom stereocenters. The van der Waals surface area contributed by atoms with Crippen LogP contribution < -0.4 is 0 Å². The molecule has 1 aliphatic heterocycles. The number of carbonyl (C=O) groups is 1. The van der Waals surface area contributed by atoms with E-state index in [9.17, 15) is 4.79 Å². The molecule has 0 N–H and O–H groups in total. The highest BCUT2D eigenvalue weighted by Gasteiger charge is 2.20. The van der Waals surface area contributed by atoms with Gasteiger partial charge in [0.05, 0.1) is 18.2 Å². The highest BCUT2D eigenvalue weighted by atomic mass is 16.5. The van der Waals surface area contributed by atoms with Gasteiger partial charge in [-0.05, 0) is 18.6 Å². The minimum atomic E-state index is -0.317. The second kappa shape index (κ2) is 3.33. The van der Waals surface area contributed by atoms with Gasteiger partial charge >= 0.3 is 5.97 Å².